The molecular weight excluding hydrogens is 182 g/mol. The zero-order valence-electron chi connectivity index (χ0n) is 10.4. The molecule has 0 saturated heterocycles. The van der Waals surface area contributed by atoms with Gasteiger partial charge in [-0.05, 0) is 39.2 Å². The van der Waals surface area contributed by atoms with Crippen LogP contribution in [0.3, 0.4) is 0 Å². The Bertz CT molecular complexity index is 276. The first kappa shape index (κ1) is 12.3. The van der Waals surface area contributed by atoms with Gasteiger partial charge in [0.1, 0.15) is 0 Å². The van der Waals surface area contributed by atoms with Crippen LogP contribution in [0.2, 0.25) is 0 Å². The topological polar surface area (TPSA) is 12.0 Å². The molecule has 0 amide bonds. The maximum Gasteiger partial charge on any atom is 0.00816 e. The zero-order chi connectivity index (χ0) is 11.3. The summed E-state index contributed by atoms with van der Waals surface area (Å²) in [7, 11) is 0. The fourth-order valence-electron chi connectivity index (χ4n) is 1.74. The first-order valence-electron chi connectivity index (χ1n) is 5.93. The molecule has 0 aliphatic carbocycles. The predicted molar refractivity (Wildman–Crippen MR) is 67.2 cm³/mol. The lowest BCUT2D eigenvalue weighted by Crippen LogP contribution is -2.35. The highest BCUT2D eigenvalue weighted by atomic mass is 14.9. The third-order valence-electron chi connectivity index (χ3n) is 2.84. The summed E-state index contributed by atoms with van der Waals surface area (Å²) in [6, 6.07) is 10.00. The van der Waals surface area contributed by atoms with Gasteiger partial charge in [-0.15, -0.1) is 0 Å². The summed E-state index contributed by atoms with van der Waals surface area (Å²) >= 11 is 0. The Morgan fingerprint density at radius 3 is 2.20 bits per heavy atom. The summed E-state index contributed by atoms with van der Waals surface area (Å²) < 4.78 is 0. The van der Waals surface area contributed by atoms with E-state index in [1.165, 1.54) is 17.5 Å². The third-order valence-corrected chi connectivity index (χ3v) is 2.84. The van der Waals surface area contributed by atoms with E-state index in [-0.39, 0.29) is 0 Å². The Morgan fingerprint density at radius 1 is 1.07 bits per heavy atom. The van der Waals surface area contributed by atoms with Gasteiger partial charge in [0.2, 0.25) is 0 Å². The number of nitrogens with one attached hydrogen (secondary N) is 1. The molecule has 1 nitrogen and oxygen atoms in total. The average molecular weight is 205 g/mol. The van der Waals surface area contributed by atoms with Crippen molar-refractivity contribution < 1.29 is 0 Å². The molecule has 0 aromatic heterocycles. The van der Waals surface area contributed by atoms with Crippen molar-refractivity contribution in [2.24, 2.45) is 0 Å². The molecule has 1 heteroatoms. The van der Waals surface area contributed by atoms with Crippen LogP contribution in [0.5, 0.6) is 0 Å². The van der Waals surface area contributed by atoms with E-state index in [2.05, 4.69) is 57.3 Å². The van der Waals surface area contributed by atoms with Crippen molar-refractivity contribution in [2.75, 3.05) is 0 Å². The predicted octanol–water partition coefficient (Wildman–Crippen LogP) is 3.31. The molecule has 0 radical (unpaired) electrons. The van der Waals surface area contributed by atoms with Crippen LogP contribution in [0.4, 0.5) is 0 Å². The largest absolute Gasteiger partial charge is 0.311 e. The van der Waals surface area contributed by atoms with Crippen molar-refractivity contribution in [3.8, 4) is 0 Å². The molecular formula is C14H23N. The molecule has 2 atom stereocenters. The normalized spacial score (nSPS) is 14.9. The van der Waals surface area contributed by atoms with E-state index < -0.39 is 0 Å². The van der Waals surface area contributed by atoms with E-state index in [9.17, 15) is 0 Å². The van der Waals surface area contributed by atoms with Crippen LogP contribution in [0.15, 0.2) is 24.3 Å². The summed E-state index contributed by atoms with van der Waals surface area (Å²) in [6.45, 7) is 8.85. The molecule has 0 aliphatic rings. The van der Waals surface area contributed by atoms with Gasteiger partial charge >= 0.3 is 0 Å². The van der Waals surface area contributed by atoms with Crippen molar-refractivity contribution in [1.29, 1.82) is 0 Å². The van der Waals surface area contributed by atoms with Gasteiger partial charge in [-0.2, -0.15) is 0 Å². The standard InChI is InChI=1S/C14H23N/c1-5-12(3)15-13(4)10-14-8-6-11(2)7-9-14/h6-9,12-13,15H,5,10H2,1-4H3. The minimum absolute atomic E-state index is 0.558. The number of benzene rings is 1. The van der Waals surface area contributed by atoms with Crippen molar-refractivity contribution >= 4 is 0 Å². The van der Waals surface area contributed by atoms with Gasteiger partial charge < -0.3 is 5.32 Å². The van der Waals surface area contributed by atoms with E-state index in [0.717, 1.165) is 6.42 Å². The van der Waals surface area contributed by atoms with Crippen LogP contribution in [0, 0.1) is 6.92 Å². The first-order chi connectivity index (χ1) is 7.11. The number of hydrogen-bond acceptors (Lipinski definition) is 1. The molecule has 0 heterocycles. The molecule has 84 valence electrons. The van der Waals surface area contributed by atoms with Crippen LogP contribution >= 0.6 is 0 Å². The van der Waals surface area contributed by atoms with Crippen molar-refractivity contribution in [2.45, 2.75) is 52.6 Å². The summed E-state index contributed by atoms with van der Waals surface area (Å²) in [4.78, 5) is 0. The van der Waals surface area contributed by atoms with Crippen molar-refractivity contribution in [3.63, 3.8) is 0 Å². The van der Waals surface area contributed by atoms with Gasteiger partial charge in [-0.1, -0.05) is 36.8 Å². The highest BCUT2D eigenvalue weighted by Gasteiger charge is 2.05. The fraction of sp³-hybridized carbons (Fsp3) is 0.571. The smallest absolute Gasteiger partial charge is 0.00816 e. The van der Waals surface area contributed by atoms with Gasteiger partial charge in [0, 0.05) is 12.1 Å². The lowest BCUT2D eigenvalue weighted by Gasteiger charge is -2.18. The Hall–Kier alpha value is -0.820. The maximum atomic E-state index is 3.59. The molecule has 15 heavy (non-hydrogen) atoms. The van der Waals surface area contributed by atoms with Crippen LogP contribution in [0.25, 0.3) is 0 Å². The lowest BCUT2D eigenvalue weighted by molar-refractivity contribution is 0.455. The summed E-state index contributed by atoms with van der Waals surface area (Å²) in [6.07, 6.45) is 2.31. The molecule has 0 spiro atoms. The highest BCUT2D eigenvalue weighted by molar-refractivity contribution is 5.21. The third kappa shape index (κ3) is 4.48. The average Bonchev–Trinajstić information content (AvgIpc) is 2.21. The van der Waals surface area contributed by atoms with Crippen LogP contribution in [0.1, 0.15) is 38.3 Å². The van der Waals surface area contributed by atoms with Crippen LogP contribution in [-0.4, -0.2) is 12.1 Å². The van der Waals surface area contributed by atoms with Gasteiger partial charge in [0.15, 0.2) is 0 Å². The quantitative estimate of drug-likeness (QED) is 0.777. The van der Waals surface area contributed by atoms with Gasteiger partial charge in [0.25, 0.3) is 0 Å². The molecule has 1 aromatic carbocycles. The van der Waals surface area contributed by atoms with E-state index >= 15 is 0 Å². The van der Waals surface area contributed by atoms with Gasteiger partial charge in [-0.3, -0.25) is 0 Å². The van der Waals surface area contributed by atoms with E-state index in [1.807, 2.05) is 0 Å². The Kier molecular flexibility index (Phi) is 4.83. The van der Waals surface area contributed by atoms with E-state index in [0.29, 0.717) is 12.1 Å². The molecule has 0 bridgehead atoms. The molecule has 0 fully saturated rings. The minimum Gasteiger partial charge on any atom is -0.311 e. The second kappa shape index (κ2) is 5.92. The second-order valence-corrected chi connectivity index (χ2v) is 4.57. The first-order valence-corrected chi connectivity index (χ1v) is 5.93. The van der Waals surface area contributed by atoms with Crippen molar-refractivity contribution in [1.82, 2.24) is 5.32 Å². The van der Waals surface area contributed by atoms with Crippen LogP contribution in [-0.2, 0) is 6.42 Å². The molecule has 0 saturated carbocycles. The summed E-state index contributed by atoms with van der Waals surface area (Å²) in [5.74, 6) is 0. The Labute approximate surface area is 93.9 Å². The summed E-state index contributed by atoms with van der Waals surface area (Å²) in [5, 5.41) is 3.59. The number of rotatable bonds is 5. The highest BCUT2D eigenvalue weighted by Crippen LogP contribution is 2.06. The maximum absolute atomic E-state index is 3.59. The number of aryl methyl sites for hydroxylation is 1. The molecule has 2 unspecified atom stereocenters. The molecule has 1 aromatic rings. The monoisotopic (exact) mass is 205 g/mol. The number of hydrogen-bond donors (Lipinski definition) is 1. The van der Waals surface area contributed by atoms with Crippen molar-refractivity contribution in [3.05, 3.63) is 35.4 Å². The Morgan fingerprint density at radius 2 is 1.67 bits per heavy atom. The molecule has 1 rings (SSSR count). The van der Waals surface area contributed by atoms with E-state index in [1.54, 1.807) is 0 Å². The van der Waals surface area contributed by atoms with Gasteiger partial charge in [-0.25, -0.2) is 0 Å². The summed E-state index contributed by atoms with van der Waals surface area (Å²) in [5.41, 5.74) is 2.75. The Balaban J connectivity index is 2.44. The van der Waals surface area contributed by atoms with Gasteiger partial charge in [0.05, 0.1) is 0 Å². The zero-order valence-corrected chi connectivity index (χ0v) is 10.4. The lowest BCUT2D eigenvalue weighted by atomic mass is 10.0. The van der Waals surface area contributed by atoms with E-state index in [4.69, 9.17) is 0 Å². The van der Waals surface area contributed by atoms with Crippen LogP contribution < -0.4 is 5.32 Å². The fourth-order valence-corrected chi connectivity index (χ4v) is 1.74. The molecule has 1 N–H and O–H groups in total. The SMILES string of the molecule is CCC(C)NC(C)Cc1ccc(C)cc1. The second-order valence-electron chi connectivity index (χ2n) is 4.57. The molecule has 0 aliphatic heterocycles. The minimum atomic E-state index is 0.558.